The van der Waals surface area contributed by atoms with Crippen LogP contribution in [-0.4, -0.2) is 19.9 Å². The van der Waals surface area contributed by atoms with Crippen LogP contribution in [0.2, 0.25) is 0 Å². The highest BCUT2D eigenvalue weighted by Gasteiger charge is 2.48. The molecule has 0 saturated heterocycles. The van der Waals surface area contributed by atoms with Crippen LogP contribution in [0.25, 0.3) is 0 Å². The third-order valence-electron chi connectivity index (χ3n) is 6.12. The third kappa shape index (κ3) is 3.80. The van der Waals surface area contributed by atoms with Gasteiger partial charge in [0.05, 0.1) is 16.0 Å². The van der Waals surface area contributed by atoms with E-state index in [1.165, 1.54) is 0 Å². The van der Waals surface area contributed by atoms with Crippen molar-refractivity contribution in [1.82, 2.24) is 0 Å². The predicted molar refractivity (Wildman–Crippen MR) is 129 cm³/mol. The molecule has 0 fully saturated rings. The molecule has 1 unspecified atom stereocenters. The van der Waals surface area contributed by atoms with Crippen molar-refractivity contribution in [1.29, 1.82) is 5.26 Å². The molecule has 164 valence electrons. The summed E-state index contributed by atoms with van der Waals surface area (Å²) in [4.78, 5) is 20.6. The van der Waals surface area contributed by atoms with Crippen LogP contribution in [0.15, 0.2) is 69.7 Å². The lowest BCUT2D eigenvalue weighted by Gasteiger charge is -2.39. The van der Waals surface area contributed by atoms with Gasteiger partial charge in [0.1, 0.15) is 23.5 Å². The van der Waals surface area contributed by atoms with Crippen LogP contribution in [0.3, 0.4) is 0 Å². The summed E-state index contributed by atoms with van der Waals surface area (Å²) >= 11 is 3.45. The van der Waals surface area contributed by atoms with Crippen LogP contribution >= 0.6 is 15.9 Å². The molecule has 2 aliphatic rings. The number of Topliss-reactive ketones (excluding diaryl/α,β-unsaturated/α-hetero) is 1. The van der Waals surface area contributed by atoms with Gasteiger partial charge < -0.3 is 10.6 Å². The second-order valence-electron chi connectivity index (χ2n) is 9.36. The molecule has 32 heavy (non-hydrogen) atoms. The first-order valence-corrected chi connectivity index (χ1v) is 11.3. The number of carbonyl (C=O) groups is 1. The second-order valence-corrected chi connectivity index (χ2v) is 10.3. The zero-order valence-electron chi connectivity index (χ0n) is 18.7. The summed E-state index contributed by atoms with van der Waals surface area (Å²) in [5.74, 6) is 0.677. The Labute approximate surface area is 197 Å². The minimum absolute atomic E-state index is 0.0697. The minimum Gasteiger partial charge on any atom is -0.378 e. The number of aromatic amines is 1. The zero-order chi connectivity index (χ0) is 23.2. The number of nitrogens with zero attached hydrogens (tertiary/aromatic N) is 3. The second kappa shape index (κ2) is 8.10. The fourth-order valence-corrected chi connectivity index (χ4v) is 4.87. The van der Waals surface area contributed by atoms with E-state index in [1.54, 1.807) is 0 Å². The van der Waals surface area contributed by atoms with Crippen LogP contribution in [0.4, 0.5) is 11.5 Å². The van der Waals surface area contributed by atoms with Crippen molar-refractivity contribution in [2.24, 2.45) is 11.1 Å². The van der Waals surface area contributed by atoms with Gasteiger partial charge in [-0.2, -0.15) is 10.2 Å². The topological polar surface area (TPSA) is 87.5 Å². The highest BCUT2D eigenvalue weighted by atomic mass is 79.9. The number of pyridine rings is 1. The maximum atomic E-state index is 13.5. The first kappa shape index (κ1) is 22.1. The van der Waals surface area contributed by atoms with Gasteiger partial charge in [-0.3, -0.25) is 4.79 Å². The standard InChI is InChI=1S/C25H26BrN5O/c1-25(2)11-19-23(20(32)12-25)22(15-5-8-17(9-6-15)30(3)4)18(13-27)24(28)31(19)21-10-7-16(26)14-29-21/h5-10,14,22H,11-12,28H2,1-4H3/p+1. The van der Waals surface area contributed by atoms with E-state index < -0.39 is 5.92 Å². The molecule has 4 rings (SSSR count). The van der Waals surface area contributed by atoms with Crippen molar-refractivity contribution in [2.75, 3.05) is 23.9 Å². The van der Waals surface area contributed by atoms with E-state index in [9.17, 15) is 10.1 Å². The van der Waals surface area contributed by atoms with Crippen LogP contribution in [0.1, 0.15) is 38.2 Å². The van der Waals surface area contributed by atoms with E-state index in [2.05, 4.69) is 40.8 Å². The third-order valence-corrected chi connectivity index (χ3v) is 6.62. The Bertz CT molecular complexity index is 1170. The van der Waals surface area contributed by atoms with Gasteiger partial charge in [-0.25, -0.2) is 4.98 Å². The molecule has 0 amide bonds. The largest absolute Gasteiger partial charge is 0.378 e. The monoisotopic (exact) mass is 492 g/mol. The maximum Gasteiger partial charge on any atom is 0.285 e. The molecule has 1 aliphatic carbocycles. The van der Waals surface area contributed by atoms with Crippen LogP contribution in [0.5, 0.6) is 0 Å². The molecule has 1 atom stereocenters. The summed E-state index contributed by atoms with van der Waals surface area (Å²) in [6, 6.07) is 14.1. The number of allylic oxidation sites excluding steroid dienone is 3. The first-order chi connectivity index (χ1) is 15.1. The number of nitrogens with two attached hydrogens (primary N) is 1. The normalized spacial score (nSPS) is 20.2. The summed E-state index contributed by atoms with van der Waals surface area (Å²) in [5, 5.41) is 10.1. The first-order valence-electron chi connectivity index (χ1n) is 10.5. The number of aromatic nitrogens is 1. The maximum absolute atomic E-state index is 13.5. The highest BCUT2D eigenvalue weighted by Crippen LogP contribution is 2.49. The smallest absolute Gasteiger partial charge is 0.285 e. The van der Waals surface area contributed by atoms with Crippen molar-refractivity contribution >= 4 is 33.2 Å². The summed E-state index contributed by atoms with van der Waals surface area (Å²) in [5.41, 5.74) is 10.3. The Balaban J connectivity index is 1.95. The number of anilines is 2. The highest BCUT2D eigenvalue weighted by molar-refractivity contribution is 9.10. The number of H-pyrrole nitrogens is 1. The number of hydrogen-bond acceptors (Lipinski definition) is 5. The number of nitrogens with one attached hydrogen (secondary N) is 1. The lowest BCUT2D eigenvalue weighted by molar-refractivity contribution is -0.364. The molecule has 1 aliphatic heterocycles. The van der Waals surface area contributed by atoms with E-state index in [4.69, 9.17) is 5.73 Å². The summed E-state index contributed by atoms with van der Waals surface area (Å²) in [7, 11) is 3.96. The molecule has 0 radical (unpaired) electrons. The van der Waals surface area contributed by atoms with Gasteiger partial charge in [0.25, 0.3) is 5.82 Å². The SMILES string of the molecule is CN(C)c1ccc(C2C(C#N)=C(N)N(c3ccc(Br)c[nH+]3)C3=C2C(=O)CC(C)(C)C3)cc1. The number of hydrogen-bond donors (Lipinski definition) is 1. The van der Waals surface area contributed by atoms with Gasteiger partial charge in [-0.05, 0) is 45.1 Å². The van der Waals surface area contributed by atoms with Crippen LogP contribution in [-0.2, 0) is 4.79 Å². The molecule has 3 N–H and O–H groups in total. The molecule has 0 bridgehead atoms. The number of nitriles is 1. The summed E-state index contributed by atoms with van der Waals surface area (Å²) in [6.45, 7) is 4.19. The lowest BCUT2D eigenvalue weighted by atomic mass is 9.68. The van der Waals surface area contributed by atoms with Gasteiger partial charge in [0.15, 0.2) is 5.78 Å². The van der Waals surface area contributed by atoms with Gasteiger partial charge >= 0.3 is 0 Å². The molecule has 2 heterocycles. The lowest BCUT2D eigenvalue weighted by Crippen LogP contribution is -2.43. The van der Waals surface area contributed by atoms with E-state index in [0.717, 1.165) is 27.2 Å². The van der Waals surface area contributed by atoms with Gasteiger partial charge in [0.2, 0.25) is 5.82 Å². The molecule has 7 heteroatoms. The molecule has 1 aromatic heterocycles. The predicted octanol–water partition coefficient (Wildman–Crippen LogP) is 4.27. The Morgan fingerprint density at radius 3 is 2.44 bits per heavy atom. The van der Waals surface area contributed by atoms with Crippen molar-refractivity contribution in [3.8, 4) is 6.07 Å². The Hall–Kier alpha value is -3.11. The molecule has 6 nitrogen and oxygen atoms in total. The Kier molecular flexibility index (Phi) is 5.59. The summed E-state index contributed by atoms with van der Waals surface area (Å²) in [6.07, 6.45) is 2.94. The molecular formula is C25H27BrN5O+. The van der Waals surface area contributed by atoms with E-state index in [1.807, 2.05) is 66.5 Å². The van der Waals surface area contributed by atoms with Crippen molar-refractivity contribution in [3.05, 3.63) is 75.3 Å². The van der Waals surface area contributed by atoms with Gasteiger partial charge in [-0.1, -0.05) is 26.0 Å². The zero-order valence-corrected chi connectivity index (χ0v) is 20.3. The number of carbonyl (C=O) groups excluding carboxylic acids is 1. The molecule has 1 aromatic carbocycles. The number of ketones is 1. The van der Waals surface area contributed by atoms with Crippen molar-refractivity contribution in [3.63, 3.8) is 0 Å². The van der Waals surface area contributed by atoms with Gasteiger partial charge in [0, 0.05) is 38.7 Å². The van der Waals surface area contributed by atoms with E-state index in [0.29, 0.717) is 29.8 Å². The Morgan fingerprint density at radius 1 is 1.19 bits per heavy atom. The quantitative estimate of drug-likeness (QED) is 0.690. The summed E-state index contributed by atoms with van der Waals surface area (Å²) < 4.78 is 0.898. The molecular weight excluding hydrogens is 466 g/mol. The Morgan fingerprint density at radius 2 is 1.88 bits per heavy atom. The van der Waals surface area contributed by atoms with Crippen molar-refractivity contribution in [2.45, 2.75) is 32.6 Å². The molecule has 0 spiro atoms. The number of benzene rings is 1. The van der Waals surface area contributed by atoms with Crippen LogP contribution in [0, 0.1) is 16.7 Å². The molecule has 0 saturated carbocycles. The average molecular weight is 493 g/mol. The fourth-order valence-electron chi connectivity index (χ4n) is 4.62. The van der Waals surface area contributed by atoms with E-state index in [-0.39, 0.29) is 11.2 Å². The van der Waals surface area contributed by atoms with Gasteiger partial charge in [-0.15, -0.1) is 0 Å². The minimum atomic E-state index is -0.471. The van der Waals surface area contributed by atoms with E-state index >= 15 is 0 Å². The van der Waals surface area contributed by atoms with Crippen LogP contribution < -0.4 is 20.5 Å². The molecule has 2 aromatic rings. The fraction of sp³-hybridized carbons (Fsp3) is 0.320. The number of halogens is 1. The number of rotatable bonds is 3. The van der Waals surface area contributed by atoms with Crippen molar-refractivity contribution < 1.29 is 9.78 Å². The average Bonchev–Trinajstić information content (AvgIpc) is 2.73.